The van der Waals surface area contributed by atoms with Gasteiger partial charge in [-0.2, -0.15) is 0 Å². The van der Waals surface area contributed by atoms with Crippen LogP contribution in [-0.2, 0) is 26.2 Å². The maximum absolute atomic E-state index is 13.8. The Bertz CT molecular complexity index is 1250. The molecule has 0 saturated heterocycles. The number of nitrogens with zero attached hydrogens (tertiary/aromatic N) is 2. The number of sulfonamides is 1. The van der Waals surface area contributed by atoms with Gasteiger partial charge in [-0.25, -0.2) is 8.42 Å². The van der Waals surface area contributed by atoms with Crippen LogP contribution in [0.1, 0.15) is 51.5 Å². The number of nitrogens with one attached hydrogen (secondary N) is 1. The molecule has 2 amide bonds. The van der Waals surface area contributed by atoms with Crippen LogP contribution in [0.3, 0.4) is 0 Å². The summed E-state index contributed by atoms with van der Waals surface area (Å²) in [5, 5.41) is 3.10. The van der Waals surface area contributed by atoms with Gasteiger partial charge in [0.1, 0.15) is 12.6 Å². The van der Waals surface area contributed by atoms with Crippen LogP contribution >= 0.6 is 15.9 Å². The molecule has 11 heteroatoms. The van der Waals surface area contributed by atoms with Crippen molar-refractivity contribution in [3.8, 4) is 11.5 Å². The fraction of sp³-hybridized carbons (Fsp3) is 0.481. The Morgan fingerprint density at radius 1 is 1.05 bits per heavy atom. The van der Waals surface area contributed by atoms with Gasteiger partial charge < -0.3 is 19.7 Å². The third-order valence-corrected chi connectivity index (χ3v) is 9.28. The molecule has 206 valence electrons. The van der Waals surface area contributed by atoms with E-state index in [1.165, 1.54) is 11.8 Å². The largest absolute Gasteiger partial charge is 0.454 e. The predicted molar refractivity (Wildman–Crippen MR) is 149 cm³/mol. The summed E-state index contributed by atoms with van der Waals surface area (Å²) in [6.07, 6.45) is 5.15. The van der Waals surface area contributed by atoms with Crippen molar-refractivity contribution in [2.75, 3.05) is 23.4 Å². The van der Waals surface area contributed by atoms with E-state index in [1.807, 2.05) is 24.3 Å². The monoisotopic (exact) mass is 607 g/mol. The van der Waals surface area contributed by atoms with Gasteiger partial charge in [0.15, 0.2) is 11.5 Å². The van der Waals surface area contributed by atoms with Gasteiger partial charge in [0.25, 0.3) is 0 Å². The van der Waals surface area contributed by atoms with Gasteiger partial charge in [-0.1, -0.05) is 47.3 Å². The Balaban J connectivity index is 1.60. The molecule has 1 saturated carbocycles. The highest BCUT2D eigenvalue weighted by Crippen LogP contribution is 2.36. The second kappa shape index (κ2) is 12.4. The molecule has 1 aliphatic heterocycles. The number of carbonyl (C=O) groups excluding carboxylic acids is 2. The molecule has 0 radical (unpaired) electrons. The number of anilines is 1. The van der Waals surface area contributed by atoms with Gasteiger partial charge in [0.05, 0.1) is 11.4 Å². The van der Waals surface area contributed by atoms with Gasteiger partial charge in [0.2, 0.25) is 28.6 Å². The zero-order chi connectivity index (χ0) is 27.3. The summed E-state index contributed by atoms with van der Waals surface area (Å²) in [5.41, 5.74) is 1.12. The molecule has 0 unspecified atom stereocenters. The number of halogens is 1. The molecule has 0 spiro atoms. The second-order valence-electron chi connectivity index (χ2n) is 9.61. The zero-order valence-corrected chi connectivity index (χ0v) is 24.1. The number of amides is 2. The highest BCUT2D eigenvalue weighted by atomic mass is 79.9. The highest BCUT2D eigenvalue weighted by molar-refractivity contribution is 9.10. The SMILES string of the molecule is CCS(=O)(=O)N(CC(=O)N(Cc1ccc(Br)cc1)[C@H](C)C(=O)NC1CCCCC1)c1ccc2c(c1)OCO2. The molecule has 0 aromatic heterocycles. The van der Waals surface area contributed by atoms with E-state index in [2.05, 4.69) is 21.2 Å². The van der Waals surface area contributed by atoms with E-state index in [1.54, 1.807) is 25.1 Å². The predicted octanol–water partition coefficient (Wildman–Crippen LogP) is 4.20. The van der Waals surface area contributed by atoms with E-state index in [-0.39, 0.29) is 31.0 Å². The lowest BCUT2D eigenvalue weighted by Crippen LogP contribution is -2.53. The van der Waals surface area contributed by atoms with E-state index in [9.17, 15) is 18.0 Å². The molecule has 2 aliphatic rings. The van der Waals surface area contributed by atoms with Crippen molar-refractivity contribution in [1.29, 1.82) is 0 Å². The molecule has 0 bridgehead atoms. The molecule has 2 aromatic carbocycles. The van der Waals surface area contributed by atoms with Crippen LogP contribution in [0.2, 0.25) is 0 Å². The van der Waals surface area contributed by atoms with Crippen LogP contribution < -0.4 is 19.1 Å². The van der Waals surface area contributed by atoms with Crippen molar-refractivity contribution in [1.82, 2.24) is 10.2 Å². The average Bonchev–Trinajstić information content (AvgIpc) is 3.39. The van der Waals surface area contributed by atoms with Crippen molar-refractivity contribution in [2.24, 2.45) is 0 Å². The molecule has 1 aliphatic carbocycles. The minimum atomic E-state index is -3.82. The summed E-state index contributed by atoms with van der Waals surface area (Å²) < 4.78 is 39.0. The lowest BCUT2D eigenvalue weighted by atomic mass is 9.95. The van der Waals surface area contributed by atoms with E-state index in [0.29, 0.717) is 17.2 Å². The van der Waals surface area contributed by atoms with Gasteiger partial charge >= 0.3 is 0 Å². The van der Waals surface area contributed by atoms with Crippen molar-refractivity contribution in [3.05, 3.63) is 52.5 Å². The smallest absolute Gasteiger partial charge is 0.244 e. The van der Waals surface area contributed by atoms with Gasteiger partial charge in [-0.05, 0) is 56.5 Å². The maximum atomic E-state index is 13.8. The topological polar surface area (TPSA) is 105 Å². The first-order chi connectivity index (χ1) is 18.2. The number of hydrogen-bond donors (Lipinski definition) is 1. The standard InChI is InChI=1S/C27H34BrN3O6S/c1-3-38(34,35)31(23-13-14-24-25(15-23)37-18-36-24)17-26(32)30(16-20-9-11-21(28)12-10-20)19(2)27(33)29-22-7-5-4-6-8-22/h9-15,19,22H,3-8,16-18H2,1-2H3,(H,29,33)/t19-/m1/s1. The first kappa shape index (κ1) is 28.2. The number of benzene rings is 2. The molecular formula is C27H34BrN3O6S. The van der Waals surface area contributed by atoms with Crippen LogP contribution in [0.15, 0.2) is 46.9 Å². The van der Waals surface area contributed by atoms with Gasteiger partial charge in [-0.3, -0.25) is 13.9 Å². The Morgan fingerprint density at radius 2 is 1.74 bits per heavy atom. The summed E-state index contributed by atoms with van der Waals surface area (Å²) in [6.45, 7) is 2.97. The van der Waals surface area contributed by atoms with Crippen LogP contribution in [0, 0.1) is 0 Å². The lowest BCUT2D eigenvalue weighted by molar-refractivity contribution is -0.139. The highest BCUT2D eigenvalue weighted by Gasteiger charge is 2.32. The number of hydrogen-bond acceptors (Lipinski definition) is 6. The molecule has 38 heavy (non-hydrogen) atoms. The minimum Gasteiger partial charge on any atom is -0.454 e. The number of rotatable bonds is 10. The average molecular weight is 609 g/mol. The third kappa shape index (κ3) is 6.79. The van der Waals surface area contributed by atoms with Crippen molar-refractivity contribution in [3.63, 3.8) is 0 Å². The second-order valence-corrected chi connectivity index (χ2v) is 12.7. The van der Waals surface area contributed by atoms with Crippen molar-refractivity contribution < 1.29 is 27.5 Å². The summed E-state index contributed by atoms with van der Waals surface area (Å²) in [5.74, 6) is 0.0142. The van der Waals surface area contributed by atoms with Gasteiger partial charge in [0, 0.05) is 23.1 Å². The van der Waals surface area contributed by atoms with Crippen LogP contribution in [0.4, 0.5) is 5.69 Å². The van der Waals surface area contributed by atoms with Crippen LogP contribution in [-0.4, -0.2) is 56.3 Å². The lowest BCUT2D eigenvalue weighted by Gasteiger charge is -2.33. The minimum absolute atomic E-state index is 0.0484. The van der Waals surface area contributed by atoms with Gasteiger partial charge in [-0.15, -0.1) is 0 Å². The summed E-state index contributed by atoms with van der Waals surface area (Å²) in [4.78, 5) is 28.5. The van der Waals surface area contributed by atoms with E-state index in [0.717, 1.165) is 46.4 Å². The van der Waals surface area contributed by atoms with Crippen LogP contribution in [0.5, 0.6) is 11.5 Å². The zero-order valence-electron chi connectivity index (χ0n) is 21.7. The summed E-state index contributed by atoms with van der Waals surface area (Å²) in [7, 11) is -3.82. The summed E-state index contributed by atoms with van der Waals surface area (Å²) >= 11 is 3.42. The Hall–Kier alpha value is -2.79. The molecule has 4 rings (SSSR count). The molecule has 9 nitrogen and oxygen atoms in total. The van der Waals surface area contributed by atoms with E-state index in [4.69, 9.17) is 9.47 Å². The molecule has 1 heterocycles. The fourth-order valence-electron chi connectivity index (χ4n) is 4.70. The molecule has 1 fully saturated rings. The normalized spacial score (nSPS) is 16.1. The first-order valence-electron chi connectivity index (χ1n) is 12.9. The fourth-order valence-corrected chi connectivity index (χ4v) is 6.02. The molecule has 2 aromatic rings. The van der Waals surface area contributed by atoms with E-state index < -0.39 is 28.5 Å². The number of fused-ring (bicyclic) bond motifs is 1. The molecule has 1 N–H and O–H groups in total. The van der Waals surface area contributed by atoms with Crippen molar-refractivity contribution in [2.45, 2.75) is 64.6 Å². The quantitative estimate of drug-likeness (QED) is 0.434. The Labute approximate surface area is 232 Å². The van der Waals surface area contributed by atoms with Crippen molar-refractivity contribution >= 4 is 43.5 Å². The number of ether oxygens (including phenoxy) is 2. The Kier molecular flexibility index (Phi) is 9.19. The number of carbonyl (C=O) groups is 2. The summed E-state index contributed by atoms with van der Waals surface area (Å²) in [6, 6.07) is 11.5. The van der Waals surface area contributed by atoms with E-state index >= 15 is 0 Å². The Morgan fingerprint density at radius 3 is 2.42 bits per heavy atom. The first-order valence-corrected chi connectivity index (χ1v) is 15.3. The molecule has 1 atom stereocenters. The van der Waals surface area contributed by atoms with Crippen LogP contribution in [0.25, 0.3) is 0 Å². The molecular weight excluding hydrogens is 574 g/mol. The third-order valence-electron chi connectivity index (χ3n) is 7.01. The maximum Gasteiger partial charge on any atom is 0.244 e.